The van der Waals surface area contributed by atoms with Crippen LogP contribution in [-0.4, -0.2) is 61.3 Å². The molecule has 3 N–H and O–H groups in total. The largest absolute Gasteiger partial charge is 0.495 e. The number of anilines is 1. The molecule has 0 bridgehead atoms. The molecular formula is C24H24F6N2O7. The van der Waals surface area contributed by atoms with Gasteiger partial charge in [0.1, 0.15) is 5.75 Å². The minimum absolute atomic E-state index is 0.299. The summed E-state index contributed by atoms with van der Waals surface area (Å²) in [5.41, 5.74) is -10.9. The Morgan fingerprint density at radius 2 is 1.41 bits per heavy atom. The SMILES string of the molecule is CCOC(=O)[C@@](NC(=O)c1ccccc1)(Nc1cc([C@@](O)(C(=O)OCC)C(F)(F)F)ccc1OC)C(F)(F)F. The van der Waals surface area contributed by atoms with Crippen molar-refractivity contribution in [2.75, 3.05) is 25.6 Å². The van der Waals surface area contributed by atoms with Gasteiger partial charge in [-0.3, -0.25) is 4.79 Å². The van der Waals surface area contributed by atoms with E-state index in [0.29, 0.717) is 18.2 Å². The number of hydrogen-bond donors (Lipinski definition) is 3. The van der Waals surface area contributed by atoms with Crippen LogP contribution in [0.5, 0.6) is 5.75 Å². The molecule has 15 heteroatoms. The Kier molecular flexibility index (Phi) is 9.44. The van der Waals surface area contributed by atoms with Gasteiger partial charge in [-0.15, -0.1) is 0 Å². The molecule has 0 aliphatic carbocycles. The van der Waals surface area contributed by atoms with E-state index in [1.165, 1.54) is 37.4 Å². The Labute approximate surface area is 218 Å². The molecule has 0 aliphatic heterocycles. The van der Waals surface area contributed by atoms with Crippen LogP contribution >= 0.6 is 0 Å². The number of ether oxygens (including phenoxy) is 3. The first-order chi connectivity index (χ1) is 18.1. The van der Waals surface area contributed by atoms with Crippen molar-refractivity contribution in [3.05, 3.63) is 59.7 Å². The van der Waals surface area contributed by atoms with Crippen molar-refractivity contribution in [1.82, 2.24) is 5.32 Å². The summed E-state index contributed by atoms with van der Waals surface area (Å²) >= 11 is 0. The number of nitrogens with one attached hydrogen (secondary N) is 2. The normalized spacial score (nSPS) is 14.8. The quantitative estimate of drug-likeness (QED) is 0.226. The summed E-state index contributed by atoms with van der Waals surface area (Å²) in [4.78, 5) is 37.7. The number of carbonyl (C=O) groups excluding carboxylic acids is 3. The Morgan fingerprint density at radius 1 is 0.846 bits per heavy atom. The minimum atomic E-state index is -5.69. The zero-order valence-corrected chi connectivity index (χ0v) is 20.7. The third-order valence-electron chi connectivity index (χ3n) is 5.26. The van der Waals surface area contributed by atoms with Crippen LogP contribution in [0.3, 0.4) is 0 Å². The van der Waals surface area contributed by atoms with E-state index in [1.54, 1.807) is 5.32 Å². The Bertz CT molecular complexity index is 1190. The number of rotatable bonds is 10. The van der Waals surface area contributed by atoms with Crippen LogP contribution in [-0.2, 0) is 24.7 Å². The predicted molar refractivity (Wildman–Crippen MR) is 123 cm³/mol. The molecule has 39 heavy (non-hydrogen) atoms. The van der Waals surface area contributed by atoms with Crippen molar-refractivity contribution in [2.24, 2.45) is 0 Å². The van der Waals surface area contributed by atoms with E-state index in [2.05, 4.69) is 9.47 Å². The van der Waals surface area contributed by atoms with Crippen LogP contribution in [0, 0.1) is 0 Å². The second kappa shape index (κ2) is 11.8. The molecule has 0 unspecified atom stereocenters. The van der Waals surface area contributed by atoms with Crippen molar-refractivity contribution >= 4 is 23.5 Å². The zero-order valence-electron chi connectivity index (χ0n) is 20.7. The fourth-order valence-corrected chi connectivity index (χ4v) is 3.33. The van der Waals surface area contributed by atoms with Crippen LogP contribution in [0.4, 0.5) is 32.0 Å². The number of alkyl halides is 6. The van der Waals surface area contributed by atoms with Gasteiger partial charge < -0.3 is 30.0 Å². The number of amides is 1. The third kappa shape index (κ3) is 6.19. The summed E-state index contributed by atoms with van der Waals surface area (Å²) in [6, 6.07) is 8.01. The molecule has 1 amide bonds. The van der Waals surface area contributed by atoms with Gasteiger partial charge in [-0.2, -0.15) is 26.3 Å². The fourth-order valence-electron chi connectivity index (χ4n) is 3.33. The molecule has 2 atom stereocenters. The van der Waals surface area contributed by atoms with Gasteiger partial charge in [-0.05, 0) is 38.1 Å². The molecule has 0 radical (unpaired) electrons. The molecule has 2 aromatic rings. The van der Waals surface area contributed by atoms with Gasteiger partial charge in [0.15, 0.2) is 0 Å². The number of aliphatic hydroxyl groups is 1. The first-order valence-corrected chi connectivity index (χ1v) is 11.1. The first kappa shape index (κ1) is 31.2. The number of methoxy groups -OCH3 is 1. The second-order valence-electron chi connectivity index (χ2n) is 7.76. The first-order valence-electron chi connectivity index (χ1n) is 11.1. The summed E-state index contributed by atoms with van der Waals surface area (Å²) in [7, 11) is 0.948. The second-order valence-corrected chi connectivity index (χ2v) is 7.76. The van der Waals surface area contributed by atoms with Crippen molar-refractivity contribution in [1.29, 1.82) is 0 Å². The highest BCUT2D eigenvalue weighted by Gasteiger charge is 2.65. The lowest BCUT2D eigenvalue weighted by atomic mass is 9.92. The average molecular weight is 566 g/mol. The van der Waals surface area contributed by atoms with Gasteiger partial charge in [-0.1, -0.05) is 24.3 Å². The number of halogens is 6. The van der Waals surface area contributed by atoms with Crippen LogP contribution in [0.15, 0.2) is 48.5 Å². The van der Waals surface area contributed by atoms with Crippen molar-refractivity contribution in [3.63, 3.8) is 0 Å². The number of carbonyl (C=O) groups is 3. The molecule has 0 heterocycles. The van der Waals surface area contributed by atoms with Crippen LogP contribution in [0.25, 0.3) is 0 Å². The van der Waals surface area contributed by atoms with E-state index in [9.17, 15) is 45.8 Å². The maximum Gasteiger partial charge on any atom is 0.441 e. The number of esters is 2. The van der Waals surface area contributed by atoms with E-state index < -0.39 is 71.7 Å². The van der Waals surface area contributed by atoms with E-state index in [4.69, 9.17) is 4.74 Å². The van der Waals surface area contributed by atoms with Crippen LogP contribution in [0.1, 0.15) is 29.8 Å². The van der Waals surface area contributed by atoms with Gasteiger partial charge in [0.05, 0.1) is 26.0 Å². The molecule has 0 saturated carbocycles. The van der Waals surface area contributed by atoms with Gasteiger partial charge in [-0.25, -0.2) is 9.59 Å². The lowest BCUT2D eigenvalue weighted by molar-refractivity contribution is -0.267. The van der Waals surface area contributed by atoms with E-state index in [0.717, 1.165) is 19.2 Å². The van der Waals surface area contributed by atoms with Crippen LogP contribution < -0.4 is 15.4 Å². The van der Waals surface area contributed by atoms with Crippen molar-refractivity contribution in [3.8, 4) is 5.75 Å². The highest BCUT2D eigenvalue weighted by molar-refractivity contribution is 5.99. The summed E-state index contributed by atoms with van der Waals surface area (Å²) < 4.78 is 99.2. The van der Waals surface area contributed by atoms with Gasteiger partial charge in [0.25, 0.3) is 11.5 Å². The summed E-state index contributed by atoms with van der Waals surface area (Å²) in [5, 5.41) is 13.6. The van der Waals surface area contributed by atoms with Crippen LogP contribution in [0.2, 0.25) is 0 Å². The smallest absolute Gasteiger partial charge is 0.441 e. The Morgan fingerprint density at radius 3 is 1.90 bits per heavy atom. The maximum atomic E-state index is 14.6. The van der Waals surface area contributed by atoms with Gasteiger partial charge in [0.2, 0.25) is 0 Å². The highest BCUT2D eigenvalue weighted by Crippen LogP contribution is 2.43. The standard InChI is InChI=1S/C24H24F6N2O7/c1-4-38-19(34)21(36,23(25,26)27)15-11-12-17(37-3)16(13-15)31-22(24(28,29)30,20(35)39-5-2)32-18(33)14-9-7-6-8-10-14/h6-13,31,36H,4-5H2,1-3H3,(H,32,33)/t21-,22+/m1/s1. The van der Waals surface area contributed by atoms with Crippen molar-refractivity contribution < 1.29 is 60.0 Å². The topological polar surface area (TPSA) is 123 Å². The molecule has 2 aromatic carbocycles. The molecule has 0 fully saturated rings. The van der Waals surface area contributed by atoms with E-state index in [1.807, 2.05) is 0 Å². The van der Waals surface area contributed by atoms with Gasteiger partial charge >= 0.3 is 30.0 Å². The summed E-state index contributed by atoms with van der Waals surface area (Å²) in [6.45, 7) is 1.21. The monoisotopic (exact) mass is 566 g/mol. The molecule has 0 saturated heterocycles. The maximum absolute atomic E-state index is 14.6. The molecule has 214 valence electrons. The molecule has 0 aromatic heterocycles. The number of benzene rings is 2. The summed E-state index contributed by atoms with van der Waals surface area (Å²) in [5.74, 6) is -6.18. The zero-order chi connectivity index (χ0) is 29.6. The van der Waals surface area contributed by atoms with E-state index >= 15 is 0 Å². The lowest BCUT2D eigenvalue weighted by Gasteiger charge is -2.36. The Balaban J connectivity index is 2.78. The molecule has 2 rings (SSSR count). The average Bonchev–Trinajstić information content (AvgIpc) is 2.87. The number of hydrogen-bond acceptors (Lipinski definition) is 8. The van der Waals surface area contributed by atoms with Crippen molar-refractivity contribution in [2.45, 2.75) is 37.5 Å². The highest BCUT2D eigenvalue weighted by atomic mass is 19.4. The molecule has 0 aliphatic rings. The molecular weight excluding hydrogens is 542 g/mol. The molecule has 9 nitrogen and oxygen atoms in total. The fraction of sp³-hybridized carbons (Fsp3) is 0.375. The summed E-state index contributed by atoms with van der Waals surface area (Å²) in [6.07, 6.45) is -11.3. The minimum Gasteiger partial charge on any atom is -0.495 e. The lowest BCUT2D eigenvalue weighted by Crippen LogP contribution is -2.69. The molecule has 0 spiro atoms. The Hall–Kier alpha value is -4.01. The third-order valence-corrected chi connectivity index (χ3v) is 5.26. The van der Waals surface area contributed by atoms with Gasteiger partial charge in [0, 0.05) is 11.1 Å². The predicted octanol–water partition coefficient (Wildman–Crippen LogP) is 3.67. The van der Waals surface area contributed by atoms with E-state index in [-0.39, 0.29) is 5.56 Å².